The second kappa shape index (κ2) is 4.97. The summed E-state index contributed by atoms with van der Waals surface area (Å²) in [5.41, 5.74) is -0.581. The second-order valence-corrected chi connectivity index (χ2v) is 2.97. The van der Waals surface area contributed by atoms with Gasteiger partial charge in [0, 0.05) is 17.7 Å². The van der Waals surface area contributed by atoms with Crippen LogP contribution in [0, 0.1) is 15.9 Å². The summed E-state index contributed by atoms with van der Waals surface area (Å²) in [6.45, 7) is 0. The maximum absolute atomic E-state index is 13.2. The lowest BCUT2D eigenvalue weighted by Crippen LogP contribution is -2.08. The Morgan fingerprint density at radius 3 is 2.59 bits per heavy atom. The van der Waals surface area contributed by atoms with E-state index in [1.54, 1.807) is 0 Å². The highest BCUT2D eigenvalue weighted by Crippen LogP contribution is 2.17. The van der Waals surface area contributed by atoms with E-state index >= 15 is 0 Å². The van der Waals surface area contributed by atoms with Crippen LogP contribution in [0.5, 0.6) is 0 Å². The maximum atomic E-state index is 13.2. The molecule has 1 aromatic carbocycles. The molecule has 0 bridgehead atoms. The van der Waals surface area contributed by atoms with Gasteiger partial charge in [0.15, 0.2) is 0 Å². The molecule has 0 aliphatic carbocycles. The van der Waals surface area contributed by atoms with Crippen molar-refractivity contribution in [3.63, 3.8) is 0 Å². The summed E-state index contributed by atoms with van der Waals surface area (Å²) in [6, 6.07) is 2.73. The van der Waals surface area contributed by atoms with E-state index in [-0.39, 0.29) is 11.3 Å². The number of halogens is 1. The number of ketones is 1. The normalized spacial score (nSPS) is 10.4. The van der Waals surface area contributed by atoms with Crippen LogP contribution in [0.3, 0.4) is 0 Å². The SMILES string of the molecule is O=C(O)C(=O)/C=C/c1cc([N+](=O)[O-])ccc1F. The van der Waals surface area contributed by atoms with Crippen molar-refractivity contribution in [2.75, 3.05) is 0 Å². The molecule has 0 spiro atoms. The molecule has 0 aliphatic heterocycles. The van der Waals surface area contributed by atoms with E-state index in [4.69, 9.17) is 5.11 Å². The van der Waals surface area contributed by atoms with Gasteiger partial charge >= 0.3 is 5.97 Å². The van der Waals surface area contributed by atoms with Crippen molar-refractivity contribution in [3.05, 3.63) is 45.8 Å². The second-order valence-electron chi connectivity index (χ2n) is 2.97. The van der Waals surface area contributed by atoms with Gasteiger partial charge in [-0.25, -0.2) is 9.18 Å². The number of hydrogen-bond donors (Lipinski definition) is 1. The fraction of sp³-hybridized carbons (Fsp3) is 0. The predicted octanol–water partition coefficient (Wildman–Crippen LogP) is 1.40. The molecule has 0 aliphatic rings. The molecule has 1 aromatic rings. The lowest BCUT2D eigenvalue weighted by atomic mass is 10.1. The number of nitrogens with zero attached hydrogens (tertiary/aromatic N) is 1. The molecule has 0 fully saturated rings. The van der Waals surface area contributed by atoms with Gasteiger partial charge in [0.1, 0.15) is 5.82 Å². The quantitative estimate of drug-likeness (QED) is 0.370. The number of carbonyl (C=O) groups excluding carboxylic acids is 1. The van der Waals surface area contributed by atoms with Crippen molar-refractivity contribution < 1.29 is 24.0 Å². The minimum absolute atomic E-state index is 0.228. The molecule has 0 amide bonds. The fourth-order valence-corrected chi connectivity index (χ4v) is 1.01. The van der Waals surface area contributed by atoms with Crippen molar-refractivity contribution in [1.29, 1.82) is 0 Å². The third kappa shape index (κ3) is 3.20. The van der Waals surface area contributed by atoms with Crippen LogP contribution in [0.1, 0.15) is 5.56 Å². The maximum Gasteiger partial charge on any atom is 0.376 e. The number of hydrogen-bond acceptors (Lipinski definition) is 4. The van der Waals surface area contributed by atoms with E-state index in [0.717, 1.165) is 24.3 Å². The molecule has 0 atom stereocenters. The first-order valence-corrected chi connectivity index (χ1v) is 4.31. The zero-order chi connectivity index (χ0) is 13.0. The monoisotopic (exact) mass is 239 g/mol. The topological polar surface area (TPSA) is 97.5 Å². The Morgan fingerprint density at radius 1 is 1.41 bits per heavy atom. The first-order chi connectivity index (χ1) is 7.91. The van der Waals surface area contributed by atoms with E-state index in [1.165, 1.54) is 0 Å². The van der Waals surface area contributed by atoms with Crippen molar-refractivity contribution in [1.82, 2.24) is 0 Å². The summed E-state index contributed by atoms with van der Waals surface area (Å²) < 4.78 is 13.2. The molecule has 0 saturated carbocycles. The summed E-state index contributed by atoms with van der Waals surface area (Å²) in [5, 5.41) is 18.7. The number of nitro benzene ring substituents is 1. The summed E-state index contributed by atoms with van der Waals surface area (Å²) in [7, 11) is 0. The highest BCUT2D eigenvalue weighted by molar-refractivity contribution is 6.38. The first-order valence-electron chi connectivity index (χ1n) is 4.31. The van der Waals surface area contributed by atoms with Gasteiger partial charge in [-0.15, -0.1) is 0 Å². The van der Waals surface area contributed by atoms with Gasteiger partial charge in [0.2, 0.25) is 0 Å². The third-order valence-corrected chi connectivity index (χ3v) is 1.82. The van der Waals surface area contributed by atoms with Gasteiger partial charge in [-0.05, 0) is 18.2 Å². The number of benzene rings is 1. The van der Waals surface area contributed by atoms with Crippen LogP contribution in [0.25, 0.3) is 6.08 Å². The molecular weight excluding hydrogens is 233 g/mol. The number of carboxylic acids is 1. The Bertz CT molecular complexity index is 523. The van der Waals surface area contributed by atoms with E-state index in [0.29, 0.717) is 6.08 Å². The van der Waals surface area contributed by atoms with Gasteiger partial charge in [-0.3, -0.25) is 14.9 Å². The van der Waals surface area contributed by atoms with E-state index in [9.17, 15) is 24.1 Å². The Balaban J connectivity index is 3.05. The number of nitro groups is 1. The molecule has 0 radical (unpaired) electrons. The first kappa shape index (κ1) is 12.5. The molecule has 7 heteroatoms. The van der Waals surface area contributed by atoms with Crippen molar-refractivity contribution in [2.45, 2.75) is 0 Å². The summed E-state index contributed by atoms with van der Waals surface area (Å²) in [4.78, 5) is 30.6. The molecule has 6 nitrogen and oxygen atoms in total. The number of rotatable bonds is 4. The Hall–Kier alpha value is -2.57. The van der Waals surface area contributed by atoms with Crippen molar-refractivity contribution in [2.24, 2.45) is 0 Å². The molecular formula is C10H6FNO5. The molecule has 88 valence electrons. The summed E-state index contributed by atoms with van der Waals surface area (Å²) in [5.74, 6) is -3.71. The average molecular weight is 239 g/mol. The van der Waals surface area contributed by atoms with Crippen LogP contribution in [0.15, 0.2) is 24.3 Å². The zero-order valence-corrected chi connectivity index (χ0v) is 8.29. The lowest BCUT2D eigenvalue weighted by molar-refractivity contribution is -0.384. The van der Waals surface area contributed by atoms with Gasteiger partial charge in [0.05, 0.1) is 4.92 Å². The Kier molecular flexibility index (Phi) is 3.66. The predicted molar refractivity (Wildman–Crippen MR) is 54.7 cm³/mol. The van der Waals surface area contributed by atoms with E-state index < -0.39 is 22.5 Å². The average Bonchev–Trinajstić information content (AvgIpc) is 2.26. The summed E-state index contributed by atoms with van der Waals surface area (Å²) in [6.07, 6.45) is 1.50. The van der Waals surface area contributed by atoms with E-state index in [1.807, 2.05) is 0 Å². The minimum Gasteiger partial charge on any atom is -0.475 e. The standard InChI is InChI=1S/C10H6FNO5/c11-8-3-2-7(12(16)17)5-6(8)1-4-9(13)10(14)15/h1-5H,(H,14,15)/b4-1+. The summed E-state index contributed by atoms with van der Waals surface area (Å²) >= 11 is 0. The molecule has 1 N–H and O–H groups in total. The van der Waals surface area contributed by atoms with Crippen molar-refractivity contribution >= 4 is 23.5 Å². The van der Waals surface area contributed by atoms with Crippen LogP contribution >= 0.6 is 0 Å². The molecule has 0 saturated heterocycles. The van der Waals surface area contributed by atoms with Crippen LogP contribution in [0.4, 0.5) is 10.1 Å². The third-order valence-electron chi connectivity index (χ3n) is 1.82. The highest BCUT2D eigenvalue weighted by Gasteiger charge is 2.10. The van der Waals surface area contributed by atoms with Crippen LogP contribution < -0.4 is 0 Å². The number of non-ortho nitro benzene ring substituents is 1. The highest BCUT2D eigenvalue weighted by atomic mass is 19.1. The Labute approximate surface area is 94.1 Å². The number of aliphatic carboxylic acids is 1. The van der Waals surface area contributed by atoms with Gasteiger partial charge in [-0.2, -0.15) is 0 Å². The minimum atomic E-state index is -1.69. The van der Waals surface area contributed by atoms with Gasteiger partial charge in [-0.1, -0.05) is 0 Å². The lowest BCUT2D eigenvalue weighted by Gasteiger charge is -1.96. The number of carbonyl (C=O) groups is 2. The molecule has 17 heavy (non-hydrogen) atoms. The van der Waals surface area contributed by atoms with E-state index in [2.05, 4.69) is 0 Å². The number of carboxylic acid groups (broad SMARTS) is 1. The zero-order valence-electron chi connectivity index (χ0n) is 8.29. The van der Waals surface area contributed by atoms with Gasteiger partial charge < -0.3 is 5.11 Å². The molecule has 1 rings (SSSR count). The molecule has 0 aromatic heterocycles. The van der Waals surface area contributed by atoms with Crippen molar-refractivity contribution in [3.8, 4) is 0 Å². The molecule has 0 heterocycles. The molecule has 0 unspecified atom stereocenters. The van der Waals surface area contributed by atoms with Gasteiger partial charge in [0.25, 0.3) is 11.5 Å². The fourth-order valence-electron chi connectivity index (χ4n) is 1.01. The smallest absolute Gasteiger partial charge is 0.376 e. The Morgan fingerprint density at radius 2 is 2.06 bits per heavy atom. The van der Waals surface area contributed by atoms with Crippen LogP contribution in [-0.2, 0) is 9.59 Å². The largest absolute Gasteiger partial charge is 0.475 e. The van der Waals surface area contributed by atoms with Crippen LogP contribution in [-0.4, -0.2) is 21.8 Å². The van der Waals surface area contributed by atoms with Crippen LogP contribution in [0.2, 0.25) is 0 Å².